The van der Waals surface area contributed by atoms with Crippen LogP contribution in [0.3, 0.4) is 0 Å². The van der Waals surface area contributed by atoms with Crippen molar-refractivity contribution in [3.05, 3.63) is 71.5 Å². The zero-order valence-corrected chi connectivity index (χ0v) is 11.5. The monoisotopic (exact) mass is 283 g/mol. The molecule has 0 spiro atoms. The van der Waals surface area contributed by atoms with Gasteiger partial charge in [-0.05, 0) is 17.7 Å². The molecular weight excluding hydrogens is 270 g/mol. The number of hydrogen-bond acceptors (Lipinski definition) is 3. The predicted molar refractivity (Wildman–Crippen MR) is 80.0 cm³/mol. The summed E-state index contributed by atoms with van der Waals surface area (Å²) in [7, 11) is 0. The number of amides is 1. The molecule has 20 heavy (non-hydrogen) atoms. The lowest BCUT2D eigenvalue weighted by Crippen LogP contribution is -2.17. The molecule has 3 rings (SSSR count). The lowest BCUT2D eigenvalue weighted by atomic mass is 10.2. The van der Waals surface area contributed by atoms with Gasteiger partial charge in [0.15, 0.2) is 5.13 Å². The number of hydrogen-bond donors (Lipinski definition) is 1. The fourth-order valence-corrected chi connectivity index (χ4v) is 2.51. The van der Waals surface area contributed by atoms with Gasteiger partial charge in [-0.3, -0.25) is 10.1 Å². The standard InChI is InChI=1S/C15H13N3OS/c19-14(17-15-16-8-10-20-15)13-7-4-9-18(13)11-12-5-2-1-3-6-12/h1-10H,11H2,(H,16,17,19). The Balaban J connectivity index is 1.78. The number of aromatic nitrogens is 2. The van der Waals surface area contributed by atoms with Gasteiger partial charge in [-0.1, -0.05) is 30.3 Å². The number of benzene rings is 1. The molecule has 0 saturated heterocycles. The summed E-state index contributed by atoms with van der Waals surface area (Å²) < 4.78 is 1.93. The molecule has 0 fully saturated rings. The van der Waals surface area contributed by atoms with Crippen molar-refractivity contribution < 1.29 is 4.79 Å². The van der Waals surface area contributed by atoms with E-state index in [9.17, 15) is 4.79 Å². The Kier molecular flexibility index (Phi) is 3.60. The molecule has 1 amide bonds. The number of anilines is 1. The van der Waals surface area contributed by atoms with Gasteiger partial charge in [0.2, 0.25) is 0 Å². The van der Waals surface area contributed by atoms with E-state index in [0.717, 1.165) is 5.56 Å². The van der Waals surface area contributed by atoms with Crippen molar-refractivity contribution in [2.45, 2.75) is 6.54 Å². The molecule has 2 aromatic heterocycles. The topological polar surface area (TPSA) is 46.9 Å². The first kappa shape index (κ1) is 12.6. The zero-order valence-electron chi connectivity index (χ0n) is 10.7. The maximum absolute atomic E-state index is 12.2. The van der Waals surface area contributed by atoms with Gasteiger partial charge in [0, 0.05) is 24.3 Å². The summed E-state index contributed by atoms with van der Waals surface area (Å²) in [5.41, 5.74) is 1.79. The average molecular weight is 283 g/mol. The number of nitrogens with one attached hydrogen (secondary N) is 1. The Morgan fingerprint density at radius 2 is 2.05 bits per heavy atom. The molecule has 1 N–H and O–H groups in total. The predicted octanol–water partition coefficient (Wildman–Crippen LogP) is 3.25. The minimum absolute atomic E-state index is 0.138. The molecule has 3 aromatic rings. The first-order chi connectivity index (χ1) is 9.83. The maximum atomic E-state index is 12.2. The van der Waals surface area contributed by atoms with Crippen LogP contribution in [-0.2, 0) is 6.54 Å². The SMILES string of the molecule is O=C(Nc1nccs1)c1cccn1Cc1ccccc1. The number of carbonyl (C=O) groups excluding carboxylic acids is 1. The Bertz CT molecular complexity index is 689. The second-order valence-electron chi connectivity index (χ2n) is 4.30. The van der Waals surface area contributed by atoms with Crippen molar-refractivity contribution in [3.63, 3.8) is 0 Å². The molecule has 0 aliphatic carbocycles. The average Bonchev–Trinajstić information content (AvgIpc) is 3.11. The number of nitrogens with zero attached hydrogens (tertiary/aromatic N) is 2. The van der Waals surface area contributed by atoms with Gasteiger partial charge in [-0.25, -0.2) is 4.98 Å². The first-order valence-electron chi connectivity index (χ1n) is 6.23. The van der Waals surface area contributed by atoms with Gasteiger partial charge >= 0.3 is 0 Å². The fraction of sp³-hybridized carbons (Fsp3) is 0.0667. The van der Waals surface area contributed by atoms with Crippen molar-refractivity contribution in [1.82, 2.24) is 9.55 Å². The van der Waals surface area contributed by atoms with E-state index in [1.54, 1.807) is 6.20 Å². The van der Waals surface area contributed by atoms with Crippen LogP contribution >= 0.6 is 11.3 Å². The normalized spacial score (nSPS) is 10.4. The van der Waals surface area contributed by atoms with E-state index in [1.807, 2.05) is 58.6 Å². The molecular formula is C15H13N3OS. The largest absolute Gasteiger partial charge is 0.339 e. The van der Waals surface area contributed by atoms with Crippen molar-refractivity contribution in [1.29, 1.82) is 0 Å². The second-order valence-corrected chi connectivity index (χ2v) is 5.19. The van der Waals surface area contributed by atoms with Gasteiger partial charge in [-0.15, -0.1) is 11.3 Å². The van der Waals surface area contributed by atoms with Crippen LogP contribution in [0.25, 0.3) is 0 Å². The molecule has 0 bridgehead atoms. The van der Waals surface area contributed by atoms with Crippen molar-refractivity contribution in [2.75, 3.05) is 5.32 Å². The van der Waals surface area contributed by atoms with Crippen molar-refractivity contribution in [2.24, 2.45) is 0 Å². The lowest BCUT2D eigenvalue weighted by Gasteiger charge is -2.08. The minimum atomic E-state index is -0.138. The van der Waals surface area contributed by atoms with E-state index in [1.165, 1.54) is 11.3 Å². The smallest absolute Gasteiger partial charge is 0.274 e. The lowest BCUT2D eigenvalue weighted by molar-refractivity contribution is 0.101. The quantitative estimate of drug-likeness (QED) is 0.799. The molecule has 5 heteroatoms. The molecule has 0 atom stereocenters. The molecule has 100 valence electrons. The summed E-state index contributed by atoms with van der Waals surface area (Å²) in [5, 5.41) is 5.24. The number of thiazole rings is 1. The number of carbonyl (C=O) groups is 1. The molecule has 4 nitrogen and oxygen atoms in total. The third-order valence-corrected chi connectivity index (χ3v) is 3.60. The zero-order chi connectivity index (χ0) is 13.8. The Morgan fingerprint density at radius 1 is 1.20 bits per heavy atom. The molecule has 2 heterocycles. The summed E-state index contributed by atoms with van der Waals surface area (Å²) >= 11 is 1.41. The first-order valence-corrected chi connectivity index (χ1v) is 7.11. The summed E-state index contributed by atoms with van der Waals surface area (Å²) in [4.78, 5) is 16.3. The maximum Gasteiger partial charge on any atom is 0.274 e. The highest BCUT2D eigenvalue weighted by Crippen LogP contribution is 2.14. The van der Waals surface area contributed by atoms with Crippen molar-refractivity contribution >= 4 is 22.4 Å². The minimum Gasteiger partial charge on any atom is -0.339 e. The molecule has 1 aromatic carbocycles. The van der Waals surface area contributed by atoms with Crippen LogP contribution in [-0.4, -0.2) is 15.5 Å². The summed E-state index contributed by atoms with van der Waals surface area (Å²) in [6.07, 6.45) is 3.58. The summed E-state index contributed by atoms with van der Waals surface area (Å²) in [6, 6.07) is 13.7. The van der Waals surface area contributed by atoms with Crippen LogP contribution in [0, 0.1) is 0 Å². The van der Waals surface area contributed by atoms with Gasteiger partial charge in [0.1, 0.15) is 5.69 Å². The third kappa shape index (κ3) is 2.78. The van der Waals surface area contributed by atoms with Gasteiger partial charge in [0.25, 0.3) is 5.91 Å². The van der Waals surface area contributed by atoms with Crippen LogP contribution in [0.15, 0.2) is 60.2 Å². The summed E-state index contributed by atoms with van der Waals surface area (Å²) in [5.74, 6) is -0.138. The Hall–Kier alpha value is -2.40. The summed E-state index contributed by atoms with van der Waals surface area (Å²) in [6.45, 7) is 0.675. The van der Waals surface area contributed by atoms with Crippen LogP contribution in [0.4, 0.5) is 5.13 Å². The Morgan fingerprint density at radius 3 is 2.80 bits per heavy atom. The van der Waals surface area contributed by atoms with Crippen LogP contribution in [0.2, 0.25) is 0 Å². The highest BCUT2D eigenvalue weighted by atomic mass is 32.1. The van der Waals surface area contributed by atoms with Crippen LogP contribution < -0.4 is 5.32 Å². The van der Waals surface area contributed by atoms with Gasteiger partial charge in [-0.2, -0.15) is 0 Å². The van der Waals surface area contributed by atoms with E-state index in [4.69, 9.17) is 0 Å². The van der Waals surface area contributed by atoms with E-state index in [2.05, 4.69) is 10.3 Å². The fourth-order valence-electron chi connectivity index (χ4n) is 1.98. The Labute approximate surface area is 120 Å². The van der Waals surface area contributed by atoms with Gasteiger partial charge < -0.3 is 4.57 Å². The van der Waals surface area contributed by atoms with E-state index in [-0.39, 0.29) is 5.91 Å². The molecule has 0 aliphatic heterocycles. The molecule has 0 unspecified atom stereocenters. The van der Waals surface area contributed by atoms with Crippen LogP contribution in [0.5, 0.6) is 0 Å². The molecule has 0 radical (unpaired) electrons. The number of rotatable bonds is 4. The van der Waals surface area contributed by atoms with Gasteiger partial charge in [0.05, 0.1) is 0 Å². The van der Waals surface area contributed by atoms with E-state index >= 15 is 0 Å². The highest BCUT2D eigenvalue weighted by Gasteiger charge is 2.12. The third-order valence-electron chi connectivity index (χ3n) is 2.91. The molecule has 0 saturated carbocycles. The van der Waals surface area contributed by atoms with E-state index < -0.39 is 0 Å². The van der Waals surface area contributed by atoms with E-state index in [0.29, 0.717) is 17.4 Å². The molecule has 0 aliphatic rings. The highest BCUT2D eigenvalue weighted by molar-refractivity contribution is 7.13. The van der Waals surface area contributed by atoms with Crippen molar-refractivity contribution in [3.8, 4) is 0 Å². The second kappa shape index (κ2) is 5.71. The van der Waals surface area contributed by atoms with Crippen LogP contribution in [0.1, 0.15) is 16.1 Å².